The largest absolute Gasteiger partial charge is 0.347 e. The molecule has 1 atom stereocenters. The van der Waals surface area contributed by atoms with Crippen LogP contribution in [0.25, 0.3) is 0 Å². The summed E-state index contributed by atoms with van der Waals surface area (Å²) in [6.07, 6.45) is 2.48. The summed E-state index contributed by atoms with van der Waals surface area (Å²) >= 11 is 0. The maximum Gasteiger partial charge on any atom is 0.289 e. The monoisotopic (exact) mass is 170 g/mol. The number of nitrogens with two attached hydrogens (primary N) is 1. The fraction of sp³-hybridized carbons (Fsp3) is 0.750. The van der Waals surface area contributed by atoms with Gasteiger partial charge in [0, 0.05) is 6.04 Å². The van der Waals surface area contributed by atoms with Crippen molar-refractivity contribution in [2.75, 3.05) is 0 Å². The van der Waals surface area contributed by atoms with Gasteiger partial charge < -0.3 is 11.1 Å². The molecular formula is C8H14N2O2. The normalized spacial score (nSPS) is 18.5. The van der Waals surface area contributed by atoms with Crippen molar-refractivity contribution < 1.29 is 9.59 Å². The van der Waals surface area contributed by atoms with Crippen molar-refractivity contribution in [1.82, 2.24) is 5.32 Å². The molecule has 0 spiro atoms. The van der Waals surface area contributed by atoms with Crippen molar-refractivity contribution in [2.45, 2.75) is 38.3 Å². The van der Waals surface area contributed by atoms with E-state index in [-0.39, 0.29) is 6.04 Å². The van der Waals surface area contributed by atoms with E-state index in [0.29, 0.717) is 6.42 Å². The molecule has 1 rings (SSSR count). The predicted molar refractivity (Wildman–Crippen MR) is 44.4 cm³/mol. The maximum absolute atomic E-state index is 11.1. The highest BCUT2D eigenvalue weighted by molar-refractivity contribution is 6.38. The molecular weight excluding hydrogens is 156 g/mol. The van der Waals surface area contributed by atoms with Gasteiger partial charge in [0.05, 0.1) is 6.04 Å². The van der Waals surface area contributed by atoms with Crippen LogP contribution in [0.5, 0.6) is 0 Å². The zero-order valence-corrected chi connectivity index (χ0v) is 7.17. The standard InChI is InChI=1S/C8H14N2O2/c1-2-6(9)7(11)8(12)10-5-3-4-5/h5-6H,2-4,9H2,1H3,(H,10,12). The lowest BCUT2D eigenvalue weighted by Gasteiger charge is -2.06. The van der Waals surface area contributed by atoms with Gasteiger partial charge >= 0.3 is 0 Å². The summed E-state index contributed by atoms with van der Waals surface area (Å²) in [6.45, 7) is 1.78. The molecule has 1 fully saturated rings. The molecule has 12 heavy (non-hydrogen) atoms. The molecule has 0 aliphatic heterocycles. The summed E-state index contributed by atoms with van der Waals surface area (Å²) in [5.74, 6) is -1.02. The van der Waals surface area contributed by atoms with Crippen molar-refractivity contribution in [3.05, 3.63) is 0 Å². The molecule has 1 saturated carbocycles. The Balaban J connectivity index is 2.34. The topological polar surface area (TPSA) is 72.2 Å². The second-order valence-corrected chi connectivity index (χ2v) is 3.13. The van der Waals surface area contributed by atoms with Gasteiger partial charge in [-0.2, -0.15) is 0 Å². The van der Waals surface area contributed by atoms with Gasteiger partial charge in [-0.3, -0.25) is 9.59 Å². The summed E-state index contributed by atoms with van der Waals surface area (Å²) in [7, 11) is 0. The molecule has 1 aliphatic carbocycles. The second-order valence-electron chi connectivity index (χ2n) is 3.13. The van der Waals surface area contributed by atoms with Crippen molar-refractivity contribution in [3.8, 4) is 0 Å². The first kappa shape index (κ1) is 9.19. The van der Waals surface area contributed by atoms with Crippen molar-refractivity contribution in [1.29, 1.82) is 0 Å². The molecule has 68 valence electrons. The SMILES string of the molecule is CCC(N)C(=O)C(=O)NC1CC1. The fourth-order valence-corrected chi connectivity index (χ4v) is 0.838. The van der Waals surface area contributed by atoms with Crippen LogP contribution in [0.4, 0.5) is 0 Å². The number of carbonyl (C=O) groups is 2. The van der Waals surface area contributed by atoms with E-state index in [1.807, 2.05) is 0 Å². The minimum atomic E-state index is -0.635. The molecule has 0 aromatic rings. The third-order valence-corrected chi connectivity index (χ3v) is 1.91. The van der Waals surface area contributed by atoms with Crippen LogP contribution in [0.2, 0.25) is 0 Å². The molecule has 0 bridgehead atoms. The third-order valence-electron chi connectivity index (χ3n) is 1.91. The van der Waals surface area contributed by atoms with Gasteiger partial charge in [-0.15, -0.1) is 0 Å². The minimum absolute atomic E-state index is 0.227. The average Bonchev–Trinajstić information content (AvgIpc) is 2.85. The summed E-state index contributed by atoms with van der Waals surface area (Å²) in [4.78, 5) is 22.2. The van der Waals surface area contributed by atoms with Crippen molar-refractivity contribution in [2.24, 2.45) is 5.73 Å². The summed E-state index contributed by atoms with van der Waals surface area (Å²) in [5, 5.41) is 2.60. The van der Waals surface area contributed by atoms with Crippen molar-refractivity contribution >= 4 is 11.7 Å². The van der Waals surface area contributed by atoms with Gasteiger partial charge in [-0.25, -0.2) is 0 Å². The molecule has 1 unspecified atom stereocenters. The number of carbonyl (C=O) groups excluding carboxylic acids is 2. The molecule has 0 aromatic heterocycles. The summed E-state index contributed by atoms with van der Waals surface area (Å²) in [5.41, 5.74) is 5.40. The Hall–Kier alpha value is -0.900. The van der Waals surface area contributed by atoms with Gasteiger partial charge in [-0.1, -0.05) is 6.92 Å². The Morgan fingerprint density at radius 3 is 2.58 bits per heavy atom. The van der Waals surface area contributed by atoms with E-state index < -0.39 is 17.7 Å². The van der Waals surface area contributed by atoms with Crippen LogP contribution >= 0.6 is 0 Å². The lowest BCUT2D eigenvalue weighted by molar-refractivity contribution is -0.138. The van der Waals surface area contributed by atoms with Crippen LogP contribution in [0.15, 0.2) is 0 Å². The lowest BCUT2D eigenvalue weighted by Crippen LogP contribution is -2.42. The molecule has 1 amide bonds. The van der Waals surface area contributed by atoms with E-state index in [4.69, 9.17) is 5.73 Å². The number of rotatable bonds is 4. The Kier molecular flexibility index (Phi) is 2.81. The zero-order chi connectivity index (χ0) is 9.14. The first-order chi connectivity index (χ1) is 5.65. The van der Waals surface area contributed by atoms with Crippen LogP contribution in [0.1, 0.15) is 26.2 Å². The highest BCUT2D eigenvalue weighted by Crippen LogP contribution is 2.18. The number of hydrogen-bond donors (Lipinski definition) is 2. The molecule has 3 N–H and O–H groups in total. The quantitative estimate of drug-likeness (QED) is 0.562. The van der Waals surface area contributed by atoms with E-state index in [1.165, 1.54) is 0 Å². The highest BCUT2D eigenvalue weighted by atomic mass is 16.2. The maximum atomic E-state index is 11.1. The Morgan fingerprint density at radius 2 is 2.17 bits per heavy atom. The van der Waals surface area contributed by atoms with Gasteiger partial charge in [0.2, 0.25) is 5.78 Å². The molecule has 0 saturated heterocycles. The highest BCUT2D eigenvalue weighted by Gasteiger charge is 2.28. The predicted octanol–water partition coefficient (Wildman–Crippen LogP) is -0.429. The van der Waals surface area contributed by atoms with Crippen LogP contribution in [0, 0.1) is 0 Å². The molecule has 0 radical (unpaired) electrons. The number of ketones is 1. The smallest absolute Gasteiger partial charge is 0.289 e. The third kappa shape index (κ3) is 2.30. The summed E-state index contributed by atoms with van der Waals surface area (Å²) in [6, 6.07) is -0.408. The number of Topliss-reactive ketones (excluding diaryl/α,β-unsaturated/α-hetero) is 1. The van der Waals surface area contributed by atoms with Crippen LogP contribution in [0.3, 0.4) is 0 Å². The van der Waals surface area contributed by atoms with Crippen LogP contribution < -0.4 is 11.1 Å². The van der Waals surface area contributed by atoms with E-state index >= 15 is 0 Å². The Labute approximate surface area is 71.5 Å². The summed E-state index contributed by atoms with van der Waals surface area (Å²) < 4.78 is 0. The minimum Gasteiger partial charge on any atom is -0.347 e. The van der Waals surface area contributed by atoms with Gasteiger partial charge in [0.1, 0.15) is 0 Å². The number of amides is 1. The van der Waals surface area contributed by atoms with Crippen molar-refractivity contribution in [3.63, 3.8) is 0 Å². The molecule has 0 heterocycles. The molecule has 4 heteroatoms. The number of nitrogens with one attached hydrogen (secondary N) is 1. The fourth-order valence-electron chi connectivity index (χ4n) is 0.838. The van der Waals surface area contributed by atoms with E-state index in [1.54, 1.807) is 6.92 Å². The van der Waals surface area contributed by atoms with E-state index in [2.05, 4.69) is 5.32 Å². The first-order valence-corrected chi connectivity index (χ1v) is 4.25. The van der Waals surface area contributed by atoms with Crippen LogP contribution in [-0.4, -0.2) is 23.8 Å². The Bertz CT molecular complexity index is 199. The molecule has 0 aromatic carbocycles. The Morgan fingerprint density at radius 1 is 1.58 bits per heavy atom. The van der Waals surface area contributed by atoms with Gasteiger partial charge in [-0.05, 0) is 19.3 Å². The van der Waals surface area contributed by atoms with E-state index in [9.17, 15) is 9.59 Å². The van der Waals surface area contributed by atoms with Gasteiger partial charge in [0.25, 0.3) is 5.91 Å². The molecule has 1 aliphatic rings. The van der Waals surface area contributed by atoms with E-state index in [0.717, 1.165) is 12.8 Å². The zero-order valence-electron chi connectivity index (χ0n) is 7.17. The number of hydrogen-bond acceptors (Lipinski definition) is 3. The molecule has 4 nitrogen and oxygen atoms in total. The lowest BCUT2D eigenvalue weighted by atomic mass is 10.1. The van der Waals surface area contributed by atoms with Gasteiger partial charge in [0.15, 0.2) is 0 Å². The van der Waals surface area contributed by atoms with Crippen LogP contribution in [-0.2, 0) is 9.59 Å². The first-order valence-electron chi connectivity index (χ1n) is 4.25. The average molecular weight is 170 g/mol. The second kappa shape index (κ2) is 3.67.